The second kappa shape index (κ2) is 27.0. The molecule has 0 aliphatic carbocycles. The van der Waals surface area contributed by atoms with E-state index >= 15 is 0 Å². The van der Waals surface area contributed by atoms with Crippen molar-refractivity contribution >= 4 is 56.4 Å². The number of carbonyl (C=O) groups is 2. The van der Waals surface area contributed by atoms with Crippen LogP contribution < -0.4 is 26.0 Å². The van der Waals surface area contributed by atoms with Crippen molar-refractivity contribution in [2.24, 2.45) is 5.92 Å². The molecule has 0 atom stereocenters. The summed E-state index contributed by atoms with van der Waals surface area (Å²) in [6.07, 6.45) is 4.95. The highest BCUT2D eigenvalue weighted by Gasteiger charge is 2.25. The SMILES string of the molecule is C=C(C(=O)NCCOCCNC(=O)CCN1CCC(c2cc(OC(C)C)c(Nc3ncc(Cl)c(Nc4ccccc4S(=O)(=O)C(C)C)n3)cc2C)CC1)C(C)C.CC.CCC. The topological polar surface area (TPSA) is 164 Å². The van der Waals surface area contributed by atoms with Crippen LogP contribution in [0.2, 0.25) is 5.02 Å². The highest BCUT2D eigenvalue weighted by molar-refractivity contribution is 7.92. The first-order valence-corrected chi connectivity index (χ1v) is 23.6. The lowest BCUT2D eigenvalue weighted by Gasteiger charge is -2.33. The standard InChI is InChI=1S/C41H58ClN7O6S.C3H8.C2H6/c1-26(2)30(8)40(51)44-17-22-54-21-16-43-38(50)15-20-49-18-13-31(14-19-49)32-24-36(55-27(3)4)35(23-29(32)7)47-41-45-25-33(42)39(48-41)46-34-11-9-10-12-37(34)56(52,53)28(5)6;1-3-2;1-2/h9-12,23-28,31H,8,13-22H2,1-7H3,(H,43,50)(H,44,51)(H2,45,46,47,48);3H2,1-2H3;1-2H3. The number of halogens is 1. The number of sulfone groups is 1. The van der Waals surface area contributed by atoms with Crippen LogP contribution in [-0.2, 0) is 24.2 Å². The number of ether oxygens (including phenoxy) is 2. The zero-order valence-corrected chi connectivity index (χ0v) is 40.0. The van der Waals surface area contributed by atoms with Crippen molar-refractivity contribution in [1.82, 2.24) is 25.5 Å². The predicted octanol–water partition coefficient (Wildman–Crippen LogP) is 9.37. The molecule has 1 aliphatic heterocycles. The van der Waals surface area contributed by atoms with Crippen molar-refractivity contribution in [3.05, 3.63) is 70.9 Å². The van der Waals surface area contributed by atoms with Gasteiger partial charge in [-0.25, -0.2) is 13.4 Å². The van der Waals surface area contributed by atoms with Gasteiger partial charge in [-0.3, -0.25) is 9.59 Å². The number of amides is 2. The molecule has 0 unspecified atom stereocenters. The Bertz CT molecular complexity index is 1950. The predicted molar refractivity (Wildman–Crippen MR) is 250 cm³/mol. The van der Waals surface area contributed by atoms with E-state index in [0.29, 0.717) is 67.9 Å². The molecular weight excluding hydrogens is 814 g/mol. The number of hydrogen-bond acceptors (Lipinski definition) is 11. The van der Waals surface area contributed by atoms with Crippen LogP contribution in [0.4, 0.5) is 23.1 Å². The average molecular weight is 887 g/mol. The summed E-state index contributed by atoms with van der Waals surface area (Å²) in [4.78, 5) is 35.9. The number of likely N-dealkylation sites (tertiary alicyclic amines) is 1. The highest BCUT2D eigenvalue weighted by atomic mass is 35.5. The first kappa shape index (κ1) is 52.9. The van der Waals surface area contributed by atoms with Gasteiger partial charge in [-0.05, 0) is 108 Å². The summed E-state index contributed by atoms with van der Waals surface area (Å²) >= 11 is 6.49. The minimum absolute atomic E-state index is 0.0110. The number of benzene rings is 2. The van der Waals surface area contributed by atoms with Gasteiger partial charge < -0.3 is 35.6 Å². The van der Waals surface area contributed by atoms with E-state index in [2.05, 4.69) is 69.6 Å². The summed E-state index contributed by atoms with van der Waals surface area (Å²) in [5.74, 6) is 1.45. The first-order valence-electron chi connectivity index (χ1n) is 21.7. The van der Waals surface area contributed by atoms with Gasteiger partial charge in [-0.1, -0.05) is 78.3 Å². The molecule has 1 saturated heterocycles. The molecule has 13 nitrogen and oxygen atoms in total. The summed E-state index contributed by atoms with van der Waals surface area (Å²) in [6.45, 7) is 29.2. The summed E-state index contributed by atoms with van der Waals surface area (Å²) in [6, 6.07) is 10.8. The fraction of sp³-hybridized carbons (Fsp3) is 0.565. The molecule has 2 heterocycles. The van der Waals surface area contributed by atoms with Crippen molar-refractivity contribution in [3.63, 3.8) is 0 Å². The summed E-state index contributed by atoms with van der Waals surface area (Å²) in [5.41, 5.74) is 3.94. The number of hydrogen-bond donors (Lipinski definition) is 4. The Labute approximate surface area is 371 Å². The number of para-hydroxylation sites is 1. The van der Waals surface area contributed by atoms with Crippen molar-refractivity contribution in [2.75, 3.05) is 56.6 Å². The van der Waals surface area contributed by atoms with Crippen molar-refractivity contribution in [1.29, 1.82) is 0 Å². The van der Waals surface area contributed by atoms with Crippen molar-refractivity contribution in [2.45, 2.75) is 124 Å². The van der Waals surface area contributed by atoms with E-state index < -0.39 is 15.1 Å². The highest BCUT2D eigenvalue weighted by Crippen LogP contribution is 2.38. The van der Waals surface area contributed by atoms with Gasteiger partial charge in [0.15, 0.2) is 15.7 Å². The quantitative estimate of drug-likeness (QED) is 0.0632. The number of carbonyl (C=O) groups excluding carboxylic acids is 2. The number of nitrogens with zero attached hydrogens (tertiary/aromatic N) is 3. The Kier molecular flexibility index (Phi) is 23.4. The van der Waals surface area contributed by atoms with Crippen molar-refractivity contribution in [3.8, 4) is 5.75 Å². The van der Waals surface area contributed by atoms with E-state index in [1.54, 1.807) is 38.1 Å². The molecule has 1 aliphatic rings. The third-order valence-corrected chi connectivity index (χ3v) is 12.0. The molecule has 0 spiro atoms. The molecule has 2 aromatic carbocycles. The van der Waals surface area contributed by atoms with Crippen LogP contribution >= 0.6 is 11.6 Å². The van der Waals surface area contributed by atoms with Crippen molar-refractivity contribution < 1.29 is 27.5 Å². The smallest absolute Gasteiger partial charge is 0.246 e. The normalized spacial score (nSPS) is 13.2. The van der Waals surface area contributed by atoms with Gasteiger partial charge >= 0.3 is 0 Å². The first-order chi connectivity index (χ1) is 29.0. The summed E-state index contributed by atoms with van der Waals surface area (Å²) in [5, 5.41) is 11.7. The average Bonchev–Trinajstić information content (AvgIpc) is 3.22. The van der Waals surface area contributed by atoms with Gasteiger partial charge in [-0.15, -0.1) is 0 Å². The molecule has 2 amide bonds. The molecule has 4 rings (SSSR count). The molecule has 3 aromatic rings. The number of nitrogens with one attached hydrogen (secondary N) is 4. The number of anilines is 4. The van der Waals surface area contributed by atoms with Crippen LogP contribution in [0.25, 0.3) is 0 Å². The molecular formula is C46H72ClN7O6S. The van der Waals surface area contributed by atoms with Gasteiger partial charge in [0, 0.05) is 31.6 Å². The molecule has 0 radical (unpaired) electrons. The Morgan fingerprint density at radius 2 is 1.57 bits per heavy atom. The number of rotatable bonds is 20. The minimum atomic E-state index is -3.57. The van der Waals surface area contributed by atoms with Crippen LogP contribution in [-0.4, -0.2) is 92.4 Å². The minimum Gasteiger partial charge on any atom is -0.489 e. The Balaban J connectivity index is 0.00000245. The zero-order valence-electron chi connectivity index (χ0n) is 38.4. The number of aryl methyl sites for hydroxylation is 1. The maximum Gasteiger partial charge on any atom is 0.246 e. The lowest BCUT2D eigenvalue weighted by atomic mass is 9.86. The van der Waals surface area contributed by atoms with Gasteiger partial charge in [0.1, 0.15) is 10.8 Å². The zero-order chi connectivity index (χ0) is 45.7. The molecule has 61 heavy (non-hydrogen) atoms. The number of aromatic nitrogens is 2. The molecule has 0 bridgehead atoms. The third-order valence-electron chi connectivity index (χ3n) is 9.56. The Hall–Kier alpha value is -4.24. The fourth-order valence-electron chi connectivity index (χ4n) is 6.22. The monoisotopic (exact) mass is 885 g/mol. The second-order valence-electron chi connectivity index (χ2n) is 15.6. The Morgan fingerprint density at radius 3 is 2.18 bits per heavy atom. The molecule has 1 aromatic heterocycles. The van der Waals surface area contributed by atoms with E-state index in [1.165, 1.54) is 18.2 Å². The Morgan fingerprint density at radius 1 is 0.951 bits per heavy atom. The van der Waals surface area contributed by atoms with Gasteiger partial charge in [0.25, 0.3) is 0 Å². The lowest BCUT2D eigenvalue weighted by molar-refractivity contribution is -0.121. The van der Waals surface area contributed by atoms with E-state index in [-0.39, 0.29) is 45.5 Å². The second-order valence-corrected chi connectivity index (χ2v) is 18.5. The van der Waals surface area contributed by atoms with Crippen LogP contribution in [0, 0.1) is 12.8 Å². The molecule has 4 N–H and O–H groups in total. The van der Waals surface area contributed by atoms with E-state index in [1.807, 2.05) is 47.6 Å². The molecule has 15 heteroatoms. The maximum absolute atomic E-state index is 13.0. The summed E-state index contributed by atoms with van der Waals surface area (Å²) < 4.78 is 37.9. The van der Waals surface area contributed by atoms with E-state index in [4.69, 9.17) is 21.1 Å². The van der Waals surface area contributed by atoms with Crippen LogP contribution in [0.15, 0.2) is 59.6 Å². The maximum atomic E-state index is 13.0. The van der Waals surface area contributed by atoms with E-state index in [9.17, 15) is 18.0 Å². The van der Waals surface area contributed by atoms with Crippen LogP contribution in [0.5, 0.6) is 5.75 Å². The molecule has 0 saturated carbocycles. The largest absolute Gasteiger partial charge is 0.489 e. The fourth-order valence-corrected chi connectivity index (χ4v) is 7.56. The van der Waals surface area contributed by atoms with Gasteiger partial charge in [0.05, 0.1) is 47.0 Å². The third kappa shape index (κ3) is 17.2. The van der Waals surface area contributed by atoms with E-state index in [0.717, 1.165) is 31.5 Å². The van der Waals surface area contributed by atoms with Gasteiger partial charge in [0.2, 0.25) is 17.8 Å². The molecule has 340 valence electrons. The molecule has 1 fully saturated rings. The van der Waals surface area contributed by atoms with Crippen LogP contribution in [0.3, 0.4) is 0 Å². The summed E-state index contributed by atoms with van der Waals surface area (Å²) in [7, 11) is -3.57. The van der Waals surface area contributed by atoms with Gasteiger partial charge in [-0.2, -0.15) is 4.98 Å². The lowest BCUT2D eigenvalue weighted by Crippen LogP contribution is -2.37. The number of piperidine rings is 1. The van der Waals surface area contributed by atoms with Crippen LogP contribution in [0.1, 0.15) is 112 Å².